The first kappa shape index (κ1) is 27.1. The maximum atomic E-state index is 13.8. The smallest absolute Gasteiger partial charge is 0.136 e. The maximum Gasteiger partial charge on any atom is 0.136 e. The van der Waals surface area contributed by atoms with Crippen molar-refractivity contribution >= 4 is 5.78 Å². The molecule has 0 bridgehead atoms. The zero-order valence-electron chi connectivity index (χ0n) is 24.9. The van der Waals surface area contributed by atoms with Crippen LogP contribution in [0.25, 0.3) is 0 Å². The third-order valence-corrected chi connectivity index (χ3v) is 14.1. The molecule has 0 amide bonds. The fourth-order valence-electron chi connectivity index (χ4n) is 11.8. The molecule has 7 aliphatic rings. The monoisotopic (exact) mass is 542 g/mol. The van der Waals surface area contributed by atoms with E-state index in [0.717, 1.165) is 32.1 Å². The summed E-state index contributed by atoms with van der Waals surface area (Å²) in [5.74, 6) is 3.00. The average Bonchev–Trinajstić information content (AvgIpc) is 3.70. The highest BCUT2D eigenvalue weighted by molar-refractivity contribution is 5.82. The van der Waals surface area contributed by atoms with E-state index in [2.05, 4.69) is 40.7 Å². The number of aliphatic hydroxyl groups excluding tert-OH is 1. The average molecular weight is 543 g/mol. The lowest BCUT2D eigenvalue weighted by atomic mass is 9.38. The normalized spacial score (nSPS) is 55.8. The Labute approximate surface area is 234 Å². The van der Waals surface area contributed by atoms with Crippen molar-refractivity contribution in [3.05, 3.63) is 11.6 Å². The van der Waals surface area contributed by atoms with Crippen LogP contribution in [-0.4, -0.2) is 48.1 Å². The number of Topliss-reactive ketones (excluding diaryl/α,β-unsaturated/α-hetero) is 1. The number of hydrogen-bond donors (Lipinski definition) is 1. The molecule has 5 heteroatoms. The Hall–Kier alpha value is -0.780. The van der Waals surface area contributed by atoms with Gasteiger partial charge in [0.25, 0.3) is 0 Å². The van der Waals surface area contributed by atoms with Crippen LogP contribution in [0.4, 0.5) is 4.39 Å². The highest BCUT2D eigenvalue weighted by Crippen LogP contribution is 2.71. The molecular formula is C34H51FO4. The minimum Gasteiger partial charge on any atom is -0.388 e. The van der Waals surface area contributed by atoms with Gasteiger partial charge in [0.1, 0.15) is 36.9 Å². The van der Waals surface area contributed by atoms with Crippen molar-refractivity contribution in [2.45, 2.75) is 136 Å². The van der Waals surface area contributed by atoms with Crippen molar-refractivity contribution < 1.29 is 23.8 Å². The van der Waals surface area contributed by atoms with Crippen molar-refractivity contribution in [1.29, 1.82) is 0 Å². The molecule has 0 spiro atoms. The van der Waals surface area contributed by atoms with Crippen molar-refractivity contribution in [2.24, 2.45) is 51.2 Å². The summed E-state index contributed by atoms with van der Waals surface area (Å²) in [6.07, 6.45) is 12.8. The Morgan fingerprint density at radius 3 is 2.51 bits per heavy atom. The van der Waals surface area contributed by atoms with Gasteiger partial charge in [-0.25, -0.2) is 4.39 Å². The van der Waals surface area contributed by atoms with E-state index < -0.39 is 18.9 Å². The third kappa shape index (κ3) is 3.87. The number of aliphatic hydroxyl groups is 1. The molecule has 0 radical (unpaired) electrons. The van der Waals surface area contributed by atoms with Gasteiger partial charge in [-0.3, -0.25) is 4.79 Å². The molecule has 0 aromatic heterocycles. The number of ketones is 1. The Morgan fingerprint density at radius 1 is 0.949 bits per heavy atom. The molecule has 6 fully saturated rings. The van der Waals surface area contributed by atoms with Crippen molar-refractivity contribution in [3.63, 3.8) is 0 Å². The van der Waals surface area contributed by atoms with Crippen LogP contribution in [0, 0.1) is 51.2 Å². The van der Waals surface area contributed by atoms with Crippen LogP contribution in [-0.2, 0) is 14.3 Å². The van der Waals surface area contributed by atoms with Crippen molar-refractivity contribution in [2.75, 3.05) is 6.67 Å². The summed E-state index contributed by atoms with van der Waals surface area (Å²) in [4.78, 5) is 12.7. The number of epoxide rings is 1. The Kier molecular flexibility index (Phi) is 6.15. The molecule has 2 saturated heterocycles. The summed E-state index contributed by atoms with van der Waals surface area (Å²) in [6, 6.07) is 0. The van der Waals surface area contributed by atoms with Gasteiger partial charge in [0, 0.05) is 12.3 Å². The molecule has 13 atom stereocenters. The quantitative estimate of drug-likeness (QED) is 0.314. The predicted octanol–water partition coefficient (Wildman–Crippen LogP) is 6.83. The number of ether oxygens (including phenoxy) is 2. The zero-order valence-corrected chi connectivity index (χ0v) is 24.9. The first-order valence-corrected chi connectivity index (χ1v) is 16.2. The van der Waals surface area contributed by atoms with E-state index in [1.165, 1.54) is 38.5 Å². The number of alkyl halides is 1. The van der Waals surface area contributed by atoms with Gasteiger partial charge in [-0.2, -0.15) is 0 Å². The summed E-state index contributed by atoms with van der Waals surface area (Å²) in [5.41, 5.74) is 2.67. The second-order valence-corrected chi connectivity index (χ2v) is 16.4. The second-order valence-electron chi connectivity index (χ2n) is 16.4. The Morgan fingerprint density at radius 2 is 1.74 bits per heavy atom. The zero-order chi connectivity index (χ0) is 27.5. The molecule has 4 nitrogen and oxygen atoms in total. The SMILES string of the molecule is CC1C(=O)CCC2(C)C1CCC1(C)C3CCC4(CC5OC(CF)C6OC6C5O)CCC(C)(C)CC4C3=CCC12. The number of carbonyl (C=O) groups excluding carboxylic acids is 1. The molecule has 39 heavy (non-hydrogen) atoms. The van der Waals surface area contributed by atoms with Crippen molar-refractivity contribution in [1.82, 2.24) is 0 Å². The molecule has 13 unspecified atom stereocenters. The second kappa shape index (κ2) is 8.86. The molecule has 5 aliphatic carbocycles. The number of fused-ring (bicyclic) bond motifs is 8. The summed E-state index contributed by atoms with van der Waals surface area (Å²) in [6.45, 7) is 11.7. The summed E-state index contributed by atoms with van der Waals surface area (Å²) in [7, 11) is 0. The van der Waals surface area contributed by atoms with Crippen LogP contribution in [0.2, 0.25) is 0 Å². The van der Waals surface area contributed by atoms with Crippen molar-refractivity contribution in [3.8, 4) is 0 Å². The molecule has 218 valence electrons. The van der Waals surface area contributed by atoms with Gasteiger partial charge in [-0.15, -0.1) is 0 Å². The summed E-state index contributed by atoms with van der Waals surface area (Å²) < 4.78 is 25.7. The van der Waals surface area contributed by atoms with E-state index >= 15 is 0 Å². The molecule has 2 aliphatic heterocycles. The van der Waals surface area contributed by atoms with E-state index in [1.807, 2.05) is 0 Å². The number of rotatable bonds is 3. The number of hydrogen-bond acceptors (Lipinski definition) is 4. The molecule has 7 rings (SSSR count). The van der Waals surface area contributed by atoms with Crippen LogP contribution >= 0.6 is 0 Å². The fourth-order valence-corrected chi connectivity index (χ4v) is 11.8. The van der Waals surface area contributed by atoms with Gasteiger partial charge in [0.2, 0.25) is 0 Å². The minimum atomic E-state index is -0.644. The van der Waals surface area contributed by atoms with Crippen LogP contribution < -0.4 is 0 Å². The van der Waals surface area contributed by atoms with Gasteiger partial charge >= 0.3 is 0 Å². The standard InChI is InChI=1S/C34H51FO4/c1-19-21-8-11-33(5)22-9-13-34(17-25-28(37)30-29(39-30)26(18-35)38-25)15-14-31(2,3)16-23(34)20(22)6-7-27(33)32(21,4)12-10-24(19)36/h6,19,21-23,25-30,37H,7-18H2,1-5H3. The molecule has 0 aromatic carbocycles. The highest BCUT2D eigenvalue weighted by Gasteiger charge is 2.64. The molecule has 4 saturated carbocycles. The Balaban J connectivity index is 1.21. The van der Waals surface area contributed by atoms with Crippen LogP contribution in [0.3, 0.4) is 0 Å². The summed E-state index contributed by atoms with van der Waals surface area (Å²) >= 11 is 0. The highest BCUT2D eigenvalue weighted by atomic mass is 19.1. The maximum absolute atomic E-state index is 13.8. The Bertz CT molecular complexity index is 1050. The number of halogens is 1. The fraction of sp³-hybridized carbons (Fsp3) is 0.912. The minimum absolute atomic E-state index is 0.113. The molecular weight excluding hydrogens is 491 g/mol. The predicted molar refractivity (Wildman–Crippen MR) is 149 cm³/mol. The van der Waals surface area contributed by atoms with Gasteiger partial charge in [-0.1, -0.05) is 46.3 Å². The van der Waals surface area contributed by atoms with Gasteiger partial charge in [0.05, 0.1) is 6.10 Å². The van der Waals surface area contributed by atoms with Gasteiger partial charge in [0.15, 0.2) is 0 Å². The van der Waals surface area contributed by atoms with Gasteiger partial charge < -0.3 is 14.6 Å². The third-order valence-electron chi connectivity index (χ3n) is 14.1. The van der Waals surface area contributed by atoms with E-state index in [9.17, 15) is 14.3 Å². The van der Waals surface area contributed by atoms with E-state index in [1.54, 1.807) is 5.57 Å². The molecule has 0 aromatic rings. The summed E-state index contributed by atoms with van der Waals surface area (Å²) in [5, 5.41) is 11.1. The van der Waals surface area contributed by atoms with Gasteiger partial charge in [-0.05, 0) is 110 Å². The van der Waals surface area contributed by atoms with Crippen LogP contribution in [0.1, 0.15) is 105 Å². The lowest BCUT2D eigenvalue weighted by Crippen LogP contribution is -2.59. The van der Waals surface area contributed by atoms with Crippen LogP contribution in [0.5, 0.6) is 0 Å². The van der Waals surface area contributed by atoms with E-state index in [0.29, 0.717) is 40.3 Å². The first-order valence-electron chi connectivity index (χ1n) is 16.2. The van der Waals surface area contributed by atoms with Crippen LogP contribution in [0.15, 0.2) is 11.6 Å². The van der Waals surface area contributed by atoms with E-state index in [4.69, 9.17) is 9.47 Å². The largest absolute Gasteiger partial charge is 0.388 e. The number of allylic oxidation sites excluding steroid dienone is 2. The topological polar surface area (TPSA) is 59.1 Å². The van der Waals surface area contributed by atoms with E-state index in [-0.39, 0.29) is 35.1 Å². The number of carbonyl (C=O) groups is 1. The lowest BCUT2D eigenvalue weighted by Gasteiger charge is -2.66. The lowest BCUT2D eigenvalue weighted by molar-refractivity contribution is -0.160. The molecule has 1 N–H and O–H groups in total. The first-order chi connectivity index (χ1) is 18.4. The molecule has 2 heterocycles.